The highest BCUT2D eigenvalue weighted by Gasteiger charge is 2.38. The SMILES string of the molecule is CC[C@H]1CC(=O)N(CC2CCC(C(C)=O)CC2)C1=O. The zero-order chi connectivity index (χ0) is 14.0. The highest BCUT2D eigenvalue weighted by atomic mass is 16.2. The van der Waals surface area contributed by atoms with Gasteiger partial charge in [0, 0.05) is 24.8 Å². The molecule has 1 heterocycles. The second-order valence-electron chi connectivity index (χ2n) is 5.98. The predicted octanol–water partition coefficient (Wildman–Crippen LogP) is 2.17. The van der Waals surface area contributed by atoms with Crippen molar-refractivity contribution in [3.63, 3.8) is 0 Å². The number of carbonyl (C=O) groups is 3. The largest absolute Gasteiger partial charge is 0.300 e. The average molecular weight is 265 g/mol. The lowest BCUT2D eigenvalue weighted by molar-refractivity contribution is -0.140. The Morgan fingerprint density at radius 3 is 2.32 bits per heavy atom. The third-order valence-electron chi connectivity index (χ3n) is 4.69. The zero-order valence-electron chi connectivity index (χ0n) is 11.9. The van der Waals surface area contributed by atoms with Crippen molar-refractivity contribution in [2.24, 2.45) is 17.8 Å². The van der Waals surface area contributed by atoms with Crippen molar-refractivity contribution in [2.75, 3.05) is 6.54 Å². The van der Waals surface area contributed by atoms with Crippen molar-refractivity contribution in [2.45, 2.75) is 52.4 Å². The highest BCUT2D eigenvalue weighted by molar-refractivity contribution is 6.03. The summed E-state index contributed by atoms with van der Waals surface area (Å²) in [5.41, 5.74) is 0. The van der Waals surface area contributed by atoms with Crippen molar-refractivity contribution in [3.8, 4) is 0 Å². The zero-order valence-corrected chi connectivity index (χ0v) is 11.9. The molecule has 0 radical (unpaired) electrons. The summed E-state index contributed by atoms with van der Waals surface area (Å²) in [6, 6.07) is 0. The maximum absolute atomic E-state index is 12.0. The molecule has 0 aromatic rings. The van der Waals surface area contributed by atoms with E-state index in [1.807, 2.05) is 6.92 Å². The van der Waals surface area contributed by atoms with Crippen molar-refractivity contribution < 1.29 is 14.4 Å². The number of rotatable bonds is 4. The van der Waals surface area contributed by atoms with Gasteiger partial charge < -0.3 is 0 Å². The molecular weight excluding hydrogens is 242 g/mol. The van der Waals surface area contributed by atoms with Crippen LogP contribution in [0.4, 0.5) is 0 Å². The molecule has 0 spiro atoms. The molecule has 2 amide bonds. The molecule has 1 aliphatic heterocycles. The molecule has 0 bridgehead atoms. The first kappa shape index (κ1) is 14.2. The summed E-state index contributed by atoms with van der Waals surface area (Å²) in [4.78, 5) is 36.7. The first-order chi connectivity index (χ1) is 9.02. The number of Topliss-reactive ketones (excluding diaryl/α,β-unsaturated/α-hetero) is 1. The van der Waals surface area contributed by atoms with Gasteiger partial charge in [-0.3, -0.25) is 19.3 Å². The number of nitrogens with zero attached hydrogens (tertiary/aromatic N) is 1. The first-order valence-electron chi connectivity index (χ1n) is 7.37. The molecule has 19 heavy (non-hydrogen) atoms. The lowest BCUT2D eigenvalue weighted by Gasteiger charge is -2.29. The summed E-state index contributed by atoms with van der Waals surface area (Å²) in [5, 5.41) is 0. The maximum Gasteiger partial charge on any atom is 0.232 e. The van der Waals surface area contributed by atoms with Gasteiger partial charge in [0.15, 0.2) is 0 Å². The van der Waals surface area contributed by atoms with Gasteiger partial charge in [0.05, 0.1) is 0 Å². The van der Waals surface area contributed by atoms with Gasteiger partial charge >= 0.3 is 0 Å². The fourth-order valence-electron chi connectivity index (χ4n) is 3.27. The number of carbonyl (C=O) groups excluding carboxylic acids is 3. The number of imide groups is 1. The molecule has 2 rings (SSSR count). The Balaban J connectivity index is 1.87. The minimum Gasteiger partial charge on any atom is -0.300 e. The summed E-state index contributed by atoms with van der Waals surface area (Å²) in [6.45, 7) is 4.18. The normalized spacial score (nSPS) is 31.9. The average Bonchev–Trinajstić information content (AvgIpc) is 2.67. The van der Waals surface area contributed by atoms with Gasteiger partial charge in [0.25, 0.3) is 0 Å². The fourth-order valence-corrected chi connectivity index (χ4v) is 3.27. The summed E-state index contributed by atoms with van der Waals surface area (Å²) >= 11 is 0. The van der Waals surface area contributed by atoms with Gasteiger partial charge in [-0.1, -0.05) is 6.92 Å². The lowest BCUT2D eigenvalue weighted by atomic mass is 9.80. The first-order valence-corrected chi connectivity index (χ1v) is 7.37. The van der Waals surface area contributed by atoms with Crippen LogP contribution in [0.2, 0.25) is 0 Å². The number of amides is 2. The van der Waals surface area contributed by atoms with Crippen molar-refractivity contribution in [1.29, 1.82) is 0 Å². The molecule has 1 saturated heterocycles. The van der Waals surface area contributed by atoms with Gasteiger partial charge in [-0.15, -0.1) is 0 Å². The van der Waals surface area contributed by atoms with E-state index in [1.165, 1.54) is 4.90 Å². The molecule has 1 aliphatic carbocycles. The molecule has 2 fully saturated rings. The lowest BCUT2D eigenvalue weighted by Crippen LogP contribution is -2.36. The minimum absolute atomic E-state index is 0.00876. The predicted molar refractivity (Wildman–Crippen MR) is 71.2 cm³/mol. The number of ketones is 1. The molecule has 0 unspecified atom stereocenters. The smallest absolute Gasteiger partial charge is 0.232 e. The van der Waals surface area contributed by atoms with E-state index in [4.69, 9.17) is 0 Å². The number of hydrogen-bond donors (Lipinski definition) is 0. The molecule has 0 N–H and O–H groups in total. The monoisotopic (exact) mass is 265 g/mol. The Morgan fingerprint density at radius 1 is 1.21 bits per heavy atom. The molecule has 1 saturated carbocycles. The van der Waals surface area contributed by atoms with Crippen molar-refractivity contribution in [3.05, 3.63) is 0 Å². The van der Waals surface area contributed by atoms with Gasteiger partial charge in [-0.05, 0) is 44.9 Å². The Kier molecular flexibility index (Phi) is 4.38. The van der Waals surface area contributed by atoms with Crippen molar-refractivity contribution in [1.82, 2.24) is 4.90 Å². The quantitative estimate of drug-likeness (QED) is 0.732. The van der Waals surface area contributed by atoms with E-state index in [1.54, 1.807) is 6.92 Å². The molecule has 4 heteroatoms. The van der Waals surface area contributed by atoms with Crippen LogP contribution in [0.15, 0.2) is 0 Å². The van der Waals surface area contributed by atoms with E-state index < -0.39 is 0 Å². The van der Waals surface area contributed by atoms with Gasteiger partial charge in [0.2, 0.25) is 11.8 Å². The van der Waals surface area contributed by atoms with Crippen molar-refractivity contribution >= 4 is 17.6 Å². The molecule has 1 atom stereocenters. The van der Waals surface area contributed by atoms with E-state index in [2.05, 4.69) is 0 Å². The summed E-state index contributed by atoms with van der Waals surface area (Å²) < 4.78 is 0. The second kappa shape index (κ2) is 5.85. The van der Waals surface area contributed by atoms with E-state index in [0.717, 1.165) is 32.1 Å². The molecule has 2 aliphatic rings. The second-order valence-corrected chi connectivity index (χ2v) is 5.98. The van der Waals surface area contributed by atoms with Crippen LogP contribution in [-0.4, -0.2) is 29.0 Å². The molecule has 106 valence electrons. The van der Waals surface area contributed by atoms with E-state index in [-0.39, 0.29) is 29.4 Å². The summed E-state index contributed by atoms with van der Waals surface area (Å²) in [5.74, 6) is 0.773. The molecule has 0 aromatic heterocycles. The van der Waals surface area contributed by atoms with E-state index in [0.29, 0.717) is 18.9 Å². The van der Waals surface area contributed by atoms with Gasteiger partial charge in [0.1, 0.15) is 5.78 Å². The Hall–Kier alpha value is -1.19. The van der Waals surface area contributed by atoms with Crippen LogP contribution in [-0.2, 0) is 14.4 Å². The highest BCUT2D eigenvalue weighted by Crippen LogP contribution is 2.32. The van der Waals surface area contributed by atoms with Crippen LogP contribution in [0.5, 0.6) is 0 Å². The van der Waals surface area contributed by atoms with Crippen LogP contribution < -0.4 is 0 Å². The standard InChI is InChI=1S/C15H23NO3/c1-3-12-8-14(18)16(15(12)19)9-11-4-6-13(7-5-11)10(2)17/h11-13H,3-9H2,1-2H3/t11?,12-,13?/m0/s1. The molecule has 4 nitrogen and oxygen atoms in total. The number of likely N-dealkylation sites (tertiary alicyclic amines) is 1. The molecule has 0 aromatic carbocycles. The van der Waals surface area contributed by atoms with Gasteiger partial charge in [-0.25, -0.2) is 0 Å². The summed E-state index contributed by atoms with van der Waals surface area (Å²) in [7, 11) is 0. The third-order valence-corrected chi connectivity index (χ3v) is 4.69. The van der Waals surface area contributed by atoms with E-state index >= 15 is 0 Å². The molecular formula is C15H23NO3. The Morgan fingerprint density at radius 2 is 1.84 bits per heavy atom. The summed E-state index contributed by atoms with van der Waals surface area (Å²) in [6.07, 6.45) is 4.87. The third kappa shape index (κ3) is 3.04. The van der Waals surface area contributed by atoms with E-state index in [9.17, 15) is 14.4 Å². The van der Waals surface area contributed by atoms with Crippen LogP contribution in [0.3, 0.4) is 0 Å². The number of hydrogen-bond acceptors (Lipinski definition) is 3. The van der Waals surface area contributed by atoms with Gasteiger partial charge in [-0.2, -0.15) is 0 Å². The van der Waals surface area contributed by atoms with Crippen LogP contribution in [0.25, 0.3) is 0 Å². The van der Waals surface area contributed by atoms with Crippen LogP contribution >= 0.6 is 0 Å². The van der Waals surface area contributed by atoms with Crippen LogP contribution in [0, 0.1) is 17.8 Å². The topological polar surface area (TPSA) is 54.5 Å². The Labute approximate surface area is 114 Å². The minimum atomic E-state index is -0.0962. The maximum atomic E-state index is 12.0. The van der Waals surface area contributed by atoms with Crippen LogP contribution in [0.1, 0.15) is 52.4 Å². The fraction of sp³-hybridized carbons (Fsp3) is 0.800. The Bertz CT molecular complexity index is 383.